The molecule has 3 aromatic rings. The van der Waals surface area contributed by atoms with Gasteiger partial charge in [-0.25, -0.2) is 4.68 Å². The molecule has 0 fully saturated rings. The number of hydrogen-bond donors (Lipinski definition) is 2. The van der Waals surface area contributed by atoms with Crippen LogP contribution in [0.5, 0.6) is 17.2 Å². The number of nitrogens with zero attached hydrogens (tertiary/aromatic N) is 3. The number of nitrogens with one attached hydrogen (secondary N) is 2. The maximum Gasteiger partial charge on any atom is 0.255 e. The normalized spacial score (nSPS) is 14.8. The predicted molar refractivity (Wildman–Crippen MR) is 132 cm³/mol. The Morgan fingerprint density at radius 3 is 2.53 bits per heavy atom. The van der Waals surface area contributed by atoms with Crippen molar-refractivity contribution in [1.82, 2.24) is 14.8 Å². The summed E-state index contributed by atoms with van der Waals surface area (Å²) in [5, 5.41) is 11.6. The zero-order valence-electron chi connectivity index (χ0n) is 19.7. The zero-order valence-corrected chi connectivity index (χ0v) is 20.5. The van der Waals surface area contributed by atoms with Crippen LogP contribution < -0.4 is 24.8 Å². The quantitative estimate of drug-likeness (QED) is 0.459. The molecule has 1 atom stereocenters. The molecule has 1 unspecified atom stereocenters. The SMILES string of the molecule is CCSc1nc2n(n1)C(c1ccc(OC)c(OC)c1)C(C(=O)Nc1ccccc1OC)=C(C)N2. The third-order valence-corrected chi connectivity index (χ3v) is 6.15. The fourth-order valence-electron chi connectivity index (χ4n) is 3.88. The highest BCUT2D eigenvalue weighted by molar-refractivity contribution is 7.99. The van der Waals surface area contributed by atoms with Crippen molar-refractivity contribution in [3.8, 4) is 17.2 Å². The van der Waals surface area contributed by atoms with Crippen molar-refractivity contribution in [3.63, 3.8) is 0 Å². The number of amides is 1. The van der Waals surface area contributed by atoms with Gasteiger partial charge in [0.1, 0.15) is 11.8 Å². The molecule has 1 aliphatic rings. The van der Waals surface area contributed by atoms with Gasteiger partial charge in [-0.05, 0) is 42.5 Å². The van der Waals surface area contributed by atoms with E-state index in [1.807, 2.05) is 44.2 Å². The number of rotatable bonds is 8. The van der Waals surface area contributed by atoms with Gasteiger partial charge in [-0.3, -0.25) is 4.79 Å². The summed E-state index contributed by atoms with van der Waals surface area (Å²) in [4.78, 5) is 18.3. The Morgan fingerprint density at radius 1 is 1.09 bits per heavy atom. The number of fused-ring (bicyclic) bond motifs is 1. The predicted octanol–water partition coefficient (Wildman–Crippen LogP) is 4.34. The van der Waals surface area contributed by atoms with Gasteiger partial charge in [0.25, 0.3) is 5.91 Å². The summed E-state index contributed by atoms with van der Waals surface area (Å²) in [6.45, 7) is 3.90. The number of hydrogen-bond acceptors (Lipinski definition) is 8. The first-order valence-corrected chi connectivity index (χ1v) is 11.7. The van der Waals surface area contributed by atoms with Gasteiger partial charge >= 0.3 is 0 Å². The molecule has 9 nitrogen and oxygen atoms in total. The smallest absolute Gasteiger partial charge is 0.255 e. The van der Waals surface area contributed by atoms with Crippen LogP contribution in [0, 0.1) is 0 Å². The Kier molecular flexibility index (Phi) is 6.97. The van der Waals surface area contributed by atoms with Gasteiger partial charge in [-0.1, -0.05) is 36.9 Å². The zero-order chi connectivity index (χ0) is 24.2. The van der Waals surface area contributed by atoms with Crippen molar-refractivity contribution in [2.24, 2.45) is 0 Å². The molecule has 1 aliphatic heterocycles. The molecule has 2 aromatic carbocycles. The summed E-state index contributed by atoms with van der Waals surface area (Å²) in [5.41, 5.74) is 2.57. The van der Waals surface area contributed by atoms with Gasteiger partial charge in [0.2, 0.25) is 11.1 Å². The summed E-state index contributed by atoms with van der Waals surface area (Å²) < 4.78 is 18.1. The number of carbonyl (C=O) groups is 1. The summed E-state index contributed by atoms with van der Waals surface area (Å²) >= 11 is 1.53. The molecule has 10 heteroatoms. The van der Waals surface area contributed by atoms with Crippen LogP contribution in [0.3, 0.4) is 0 Å². The van der Waals surface area contributed by atoms with Crippen molar-refractivity contribution in [2.75, 3.05) is 37.7 Å². The molecule has 0 bridgehead atoms. The Balaban J connectivity index is 1.82. The average Bonchev–Trinajstić information content (AvgIpc) is 3.25. The molecule has 1 aromatic heterocycles. The van der Waals surface area contributed by atoms with E-state index in [9.17, 15) is 4.79 Å². The van der Waals surface area contributed by atoms with Crippen LogP contribution >= 0.6 is 11.8 Å². The van der Waals surface area contributed by atoms with Gasteiger partial charge in [0.05, 0.1) is 32.6 Å². The molecule has 0 aliphatic carbocycles. The van der Waals surface area contributed by atoms with Crippen LogP contribution in [0.1, 0.15) is 25.5 Å². The highest BCUT2D eigenvalue weighted by Gasteiger charge is 2.35. The van der Waals surface area contributed by atoms with E-state index >= 15 is 0 Å². The minimum absolute atomic E-state index is 0.278. The third kappa shape index (κ3) is 4.41. The molecule has 0 saturated carbocycles. The molecule has 4 rings (SSSR count). The topological polar surface area (TPSA) is 99.5 Å². The van der Waals surface area contributed by atoms with Crippen LogP contribution in [0.4, 0.5) is 11.6 Å². The Hall–Kier alpha value is -3.66. The number of anilines is 2. The molecule has 0 spiro atoms. The monoisotopic (exact) mass is 481 g/mol. The van der Waals surface area contributed by atoms with E-state index in [0.717, 1.165) is 11.3 Å². The fourth-order valence-corrected chi connectivity index (χ4v) is 4.44. The summed E-state index contributed by atoms with van der Waals surface area (Å²) in [6.07, 6.45) is 0. The second-order valence-corrected chi connectivity index (χ2v) is 8.66. The molecular formula is C24H27N5O4S. The van der Waals surface area contributed by atoms with Crippen molar-refractivity contribution in [2.45, 2.75) is 25.0 Å². The molecule has 34 heavy (non-hydrogen) atoms. The lowest BCUT2D eigenvalue weighted by Crippen LogP contribution is -2.31. The van der Waals surface area contributed by atoms with Crippen molar-refractivity contribution in [1.29, 1.82) is 0 Å². The maximum atomic E-state index is 13.7. The number of carbonyl (C=O) groups excluding carboxylic acids is 1. The first kappa shape index (κ1) is 23.5. The van der Waals surface area contributed by atoms with Crippen molar-refractivity contribution >= 4 is 29.3 Å². The molecule has 0 radical (unpaired) electrons. The summed E-state index contributed by atoms with van der Waals surface area (Å²) in [7, 11) is 4.73. The van der Waals surface area contributed by atoms with E-state index in [1.165, 1.54) is 11.8 Å². The van der Waals surface area contributed by atoms with Crippen molar-refractivity contribution in [3.05, 3.63) is 59.3 Å². The highest BCUT2D eigenvalue weighted by atomic mass is 32.2. The van der Waals surface area contributed by atoms with E-state index in [1.54, 1.807) is 38.1 Å². The van der Waals surface area contributed by atoms with Gasteiger partial charge in [-0.2, -0.15) is 4.98 Å². The van der Waals surface area contributed by atoms with E-state index in [4.69, 9.17) is 19.3 Å². The first-order chi connectivity index (χ1) is 16.5. The van der Waals surface area contributed by atoms with E-state index in [-0.39, 0.29) is 5.91 Å². The average molecular weight is 482 g/mol. The number of thioether (sulfide) groups is 1. The Morgan fingerprint density at radius 2 is 1.82 bits per heavy atom. The van der Waals surface area contributed by atoms with Crippen LogP contribution in [-0.4, -0.2) is 47.8 Å². The second-order valence-electron chi connectivity index (χ2n) is 7.43. The van der Waals surface area contributed by atoms with E-state index in [2.05, 4.69) is 15.6 Å². The molecular weight excluding hydrogens is 454 g/mol. The standard InChI is InChI=1S/C24H27N5O4S/c1-6-34-24-27-23-25-14(2)20(22(30)26-16-9-7-8-10-17(16)31-3)21(29(23)28-24)15-11-12-18(32-4)19(13-15)33-5/h7-13,21H,6H2,1-5H3,(H,26,30)(H,25,27,28). The lowest BCUT2D eigenvalue weighted by atomic mass is 9.94. The number of allylic oxidation sites excluding steroid dienone is 1. The summed E-state index contributed by atoms with van der Waals surface area (Å²) in [5.74, 6) is 2.86. The molecule has 178 valence electrons. The second kappa shape index (κ2) is 10.1. The Bertz CT molecular complexity index is 1240. The fraction of sp³-hybridized carbons (Fsp3) is 0.292. The van der Waals surface area contributed by atoms with Gasteiger partial charge in [-0.15, -0.1) is 5.10 Å². The third-order valence-electron chi connectivity index (χ3n) is 5.43. The minimum Gasteiger partial charge on any atom is -0.495 e. The Labute approximate surface area is 202 Å². The lowest BCUT2D eigenvalue weighted by Gasteiger charge is -2.29. The minimum atomic E-state index is -0.538. The number of aromatic nitrogens is 3. The maximum absolute atomic E-state index is 13.7. The van der Waals surface area contributed by atoms with Gasteiger partial charge in [0, 0.05) is 5.70 Å². The number of ether oxygens (including phenoxy) is 3. The number of methoxy groups -OCH3 is 3. The van der Waals surface area contributed by atoms with Crippen LogP contribution in [0.25, 0.3) is 0 Å². The van der Waals surface area contributed by atoms with E-state index < -0.39 is 6.04 Å². The number of para-hydroxylation sites is 2. The first-order valence-electron chi connectivity index (χ1n) is 10.7. The van der Waals surface area contributed by atoms with Crippen LogP contribution in [0.15, 0.2) is 58.9 Å². The van der Waals surface area contributed by atoms with E-state index in [0.29, 0.717) is 45.3 Å². The molecule has 1 amide bonds. The highest BCUT2D eigenvalue weighted by Crippen LogP contribution is 2.40. The van der Waals surface area contributed by atoms with Gasteiger partial charge in [0.15, 0.2) is 11.5 Å². The largest absolute Gasteiger partial charge is 0.495 e. The molecule has 2 N–H and O–H groups in total. The molecule has 0 saturated heterocycles. The van der Waals surface area contributed by atoms with Crippen molar-refractivity contribution < 1.29 is 19.0 Å². The summed E-state index contributed by atoms with van der Waals surface area (Å²) in [6, 6.07) is 12.3. The number of benzene rings is 2. The molecule has 2 heterocycles. The van der Waals surface area contributed by atoms with Gasteiger partial charge < -0.3 is 24.8 Å². The van der Waals surface area contributed by atoms with Crippen LogP contribution in [-0.2, 0) is 4.79 Å². The van der Waals surface area contributed by atoms with Crippen LogP contribution in [0.2, 0.25) is 0 Å². The lowest BCUT2D eigenvalue weighted by molar-refractivity contribution is -0.113.